The molecule has 0 radical (unpaired) electrons. The van der Waals surface area contributed by atoms with Crippen LogP contribution in [0.25, 0.3) is 10.8 Å². The van der Waals surface area contributed by atoms with Crippen LogP contribution in [-0.2, 0) is 20.7 Å². The lowest BCUT2D eigenvalue weighted by Gasteiger charge is -2.26. The Bertz CT molecular complexity index is 953. The topological polar surface area (TPSA) is 76.0 Å². The molecule has 5 heteroatoms. The van der Waals surface area contributed by atoms with E-state index >= 15 is 0 Å². The van der Waals surface area contributed by atoms with Gasteiger partial charge in [-0.1, -0.05) is 54.3 Å². The molecule has 0 aromatic heterocycles. The molecule has 164 valence electrons. The molecule has 2 fully saturated rings. The Morgan fingerprint density at radius 3 is 2.74 bits per heavy atom. The molecule has 2 aromatic rings. The zero-order valence-electron chi connectivity index (χ0n) is 17.7. The highest BCUT2D eigenvalue weighted by Gasteiger charge is 2.35. The molecule has 2 aromatic carbocycles. The number of hydrogen-bond donors (Lipinski definition) is 2. The van der Waals surface area contributed by atoms with Gasteiger partial charge in [-0.15, -0.1) is 0 Å². The number of rotatable bonds is 6. The SMILES string of the molecule is O=C(O)C[C@@H]1[C@H](O)CC[C@H]1C#CC(Cc1ccc2ccccc2c1)OC1CCCCO1. The molecule has 31 heavy (non-hydrogen) atoms. The van der Waals surface area contributed by atoms with Crippen LogP contribution in [0.1, 0.15) is 44.1 Å². The molecule has 4 rings (SSSR count). The third-order valence-corrected chi connectivity index (χ3v) is 6.31. The molecule has 1 aliphatic heterocycles. The Morgan fingerprint density at radius 2 is 1.97 bits per heavy atom. The molecular formula is C26H30O5. The summed E-state index contributed by atoms with van der Waals surface area (Å²) in [6.45, 7) is 0.705. The highest BCUT2D eigenvalue weighted by atomic mass is 16.7. The van der Waals surface area contributed by atoms with Crippen molar-refractivity contribution in [2.24, 2.45) is 11.8 Å². The first-order valence-electron chi connectivity index (χ1n) is 11.2. The zero-order valence-corrected chi connectivity index (χ0v) is 17.7. The minimum absolute atomic E-state index is 0.0531. The Labute approximate surface area is 183 Å². The first-order valence-corrected chi connectivity index (χ1v) is 11.2. The molecular weight excluding hydrogens is 392 g/mol. The Hall–Kier alpha value is -2.39. The van der Waals surface area contributed by atoms with Crippen LogP contribution in [0.5, 0.6) is 0 Å². The van der Waals surface area contributed by atoms with Gasteiger partial charge < -0.3 is 19.7 Å². The van der Waals surface area contributed by atoms with Gasteiger partial charge in [0, 0.05) is 24.9 Å². The molecule has 1 aliphatic carbocycles. The summed E-state index contributed by atoms with van der Waals surface area (Å²) >= 11 is 0. The molecule has 2 N–H and O–H groups in total. The van der Waals surface area contributed by atoms with E-state index in [9.17, 15) is 15.0 Å². The normalized spacial score (nSPS) is 26.9. The van der Waals surface area contributed by atoms with Gasteiger partial charge in [0.2, 0.25) is 0 Å². The number of carboxylic acid groups (broad SMARTS) is 1. The van der Waals surface area contributed by atoms with Crippen LogP contribution < -0.4 is 0 Å². The summed E-state index contributed by atoms with van der Waals surface area (Å²) in [5, 5.41) is 21.7. The van der Waals surface area contributed by atoms with E-state index in [1.165, 1.54) is 10.8 Å². The van der Waals surface area contributed by atoms with Crippen molar-refractivity contribution in [1.82, 2.24) is 0 Å². The molecule has 0 bridgehead atoms. The predicted octanol–water partition coefficient (Wildman–Crippen LogP) is 4.16. The molecule has 2 unspecified atom stereocenters. The molecule has 1 saturated carbocycles. The minimum Gasteiger partial charge on any atom is -0.481 e. The van der Waals surface area contributed by atoms with Crippen LogP contribution in [0.15, 0.2) is 42.5 Å². The molecule has 5 atom stereocenters. The second kappa shape index (κ2) is 10.3. The maximum atomic E-state index is 11.2. The molecule has 1 saturated heterocycles. The van der Waals surface area contributed by atoms with Crippen LogP contribution in [0, 0.1) is 23.7 Å². The predicted molar refractivity (Wildman–Crippen MR) is 118 cm³/mol. The Balaban J connectivity index is 1.52. The first-order chi connectivity index (χ1) is 15.1. The van der Waals surface area contributed by atoms with Crippen molar-refractivity contribution in [2.45, 2.75) is 63.4 Å². The molecule has 2 aliphatic rings. The number of aliphatic hydroxyl groups is 1. The van der Waals surface area contributed by atoms with E-state index in [1.54, 1.807) is 0 Å². The van der Waals surface area contributed by atoms with E-state index in [-0.39, 0.29) is 30.7 Å². The van der Waals surface area contributed by atoms with Crippen LogP contribution in [0.2, 0.25) is 0 Å². The maximum absolute atomic E-state index is 11.2. The van der Waals surface area contributed by atoms with Crippen molar-refractivity contribution >= 4 is 16.7 Å². The van der Waals surface area contributed by atoms with E-state index in [1.807, 2.05) is 12.1 Å². The van der Waals surface area contributed by atoms with E-state index in [0.29, 0.717) is 19.4 Å². The van der Waals surface area contributed by atoms with Gasteiger partial charge in [0.05, 0.1) is 12.5 Å². The summed E-state index contributed by atoms with van der Waals surface area (Å²) in [5.41, 5.74) is 1.14. The van der Waals surface area contributed by atoms with Crippen molar-refractivity contribution in [3.8, 4) is 11.8 Å². The van der Waals surface area contributed by atoms with E-state index < -0.39 is 12.1 Å². The van der Waals surface area contributed by atoms with E-state index in [4.69, 9.17) is 9.47 Å². The zero-order chi connectivity index (χ0) is 21.6. The summed E-state index contributed by atoms with van der Waals surface area (Å²) < 4.78 is 12.0. The number of hydrogen-bond acceptors (Lipinski definition) is 4. The highest BCUT2D eigenvalue weighted by molar-refractivity contribution is 5.83. The van der Waals surface area contributed by atoms with Crippen LogP contribution in [-0.4, -0.2) is 41.3 Å². The number of carbonyl (C=O) groups is 1. The lowest BCUT2D eigenvalue weighted by atomic mass is 9.91. The first kappa shape index (κ1) is 21.8. The van der Waals surface area contributed by atoms with E-state index in [0.717, 1.165) is 31.2 Å². The smallest absolute Gasteiger partial charge is 0.303 e. The second-order valence-electron chi connectivity index (χ2n) is 8.61. The number of carboxylic acids is 1. The fourth-order valence-corrected chi connectivity index (χ4v) is 4.62. The fraction of sp³-hybridized carbons (Fsp3) is 0.500. The molecule has 5 nitrogen and oxygen atoms in total. The van der Waals surface area contributed by atoms with Crippen molar-refractivity contribution in [2.75, 3.05) is 6.61 Å². The summed E-state index contributed by atoms with van der Waals surface area (Å²) in [6, 6.07) is 14.6. The quantitative estimate of drug-likeness (QED) is 0.684. The van der Waals surface area contributed by atoms with Crippen LogP contribution in [0.3, 0.4) is 0 Å². The van der Waals surface area contributed by atoms with Gasteiger partial charge in [0.1, 0.15) is 6.10 Å². The van der Waals surface area contributed by atoms with Crippen molar-refractivity contribution in [1.29, 1.82) is 0 Å². The summed E-state index contributed by atoms with van der Waals surface area (Å²) in [5.74, 6) is 5.20. The number of benzene rings is 2. The Morgan fingerprint density at radius 1 is 1.13 bits per heavy atom. The van der Waals surface area contributed by atoms with Crippen molar-refractivity contribution < 1.29 is 24.5 Å². The Kier molecular flexibility index (Phi) is 7.24. The van der Waals surface area contributed by atoms with Gasteiger partial charge >= 0.3 is 5.97 Å². The summed E-state index contributed by atoms with van der Waals surface area (Å²) in [6.07, 6.45) is 3.70. The third-order valence-electron chi connectivity index (χ3n) is 6.31. The average molecular weight is 423 g/mol. The van der Waals surface area contributed by atoms with Crippen molar-refractivity contribution in [3.63, 3.8) is 0 Å². The second-order valence-corrected chi connectivity index (χ2v) is 8.61. The standard InChI is InChI=1S/C26H30O5/c27-24-13-11-20(23(24)17-25(28)29)10-12-22(31-26-7-3-4-14-30-26)16-18-8-9-19-5-1-2-6-21(19)15-18/h1-2,5-6,8-9,15,20,22-24,26-27H,3-4,7,11,13-14,16-17H2,(H,28,29)/t20-,22?,23+,24-,26?/m1/s1. The highest BCUT2D eigenvalue weighted by Crippen LogP contribution is 2.34. The van der Waals surface area contributed by atoms with Gasteiger partial charge in [-0.25, -0.2) is 0 Å². The average Bonchev–Trinajstić information content (AvgIpc) is 3.11. The summed E-state index contributed by atoms with van der Waals surface area (Å²) in [4.78, 5) is 11.2. The number of aliphatic carboxylic acids is 1. The monoisotopic (exact) mass is 422 g/mol. The van der Waals surface area contributed by atoms with Gasteiger partial charge in [-0.2, -0.15) is 0 Å². The maximum Gasteiger partial charge on any atom is 0.303 e. The fourth-order valence-electron chi connectivity index (χ4n) is 4.62. The van der Waals surface area contributed by atoms with E-state index in [2.05, 4.69) is 42.2 Å². The molecule has 0 amide bonds. The van der Waals surface area contributed by atoms with Crippen molar-refractivity contribution in [3.05, 3.63) is 48.0 Å². The van der Waals surface area contributed by atoms with Gasteiger partial charge in [-0.05, 0) is 48.4 Å². The summed E-state index contributed by atoms with van der Waals surface area (Å²) in [7, 11) is 0. The minimum atomic E-state index is -0.891. The number of fused-ring (bicyclic) bond motifs is 1. The van der Waals surface area contributed by atoms with Gasteiger partial charge in [0.15, 0.2) is 6.29 Å². The molecule has 1 heterocycles. The largest absolute Gasteiger partial charge is 0.481 e. The third kappa shape index (κ3) is 5.86. The lowest BCUT2D eigenvalue weighted by molar-refractivity contribution is -0.176. The van der Waals surface area contributed by atoms with Crippen LogP contribution >= 0.6 is 0 Å². The number of aliphatic hydroxyl groups excluding tert-OH is 1. The van der Waals surface area contributed by atoms with Gasteiger partial charge in [-0.3, -0.25) is 4.79 Å². The van der Waals surface area contributed by atoms with Crippen LogP contribution in [0.4, 0.5) is 0 Å². The number of ether oxygens (including phenoxy) is 2. The molecule has 0 spiro atoms. The lowest BCUT2D eigenvalue weighted by Crippen LogP contribution is -2.28. The van der Waals surface area contributed by atoms with Gasteiger partial charge in [0.25, 0.3) is 0 Å².